The molecule has 1 aromatic carbocycles. The Morgan fingerprint density at radius 1 is 0.571 bits per heavy atom. The lowest BCUT2D eigenvalue weighted by Crippen LogP contribution is -2.57. The van der Waals surface area contributed by atoms with Gasteiger partial charge in [0.2, 0.25) is 0 Å². The summed E-state index contributed by atoms with van der Waals surface area (Å²) in [7, 11) is 0. The molecule has 2 N–H and O–H groups in total. The molecule has 0 fully saturated rings. The smallest absolute Gasteiger partial charge is 0.116 e. The van der Waals surface area contributed by atoms with Gasteiger partial charge in [-0.25, -0.2) is 0 Å². The van der Waals surface area contributed by atoms with Crippen LogP contribution in [0.25, 0.3) is 0 Å². The summed E-state index contributed by atoms with van der Waals surface area (Å²) in [5.41, 5.74) is 8.96. The molecule has 0 aliphatic rings. The molecule has 3 heterocycles. The number of pyridine rings is 3. The number of rotatable bonds is 5. The number of benzene rings is 1. The molecule has 28 heavy (non-hydrogen) atoms. The van der Waals surface area contributed by atoms with Crippen LogP contribution in [-0.4, -0.2) is 15.0 Å². The van der Waals surface area contributed by atoms with Crippen molar-refractivity contribution in [1.29, 1.82) is 0 Å². The van der Waals surface area contributed by atoms with Crippen molar-refractivity contribution in [2.24, 2.45) is 5.73 Å². The third-order valence-electron chi connectivity index (χ3n) is 5.45. The van der Waals surface area contributed by atoms with Crippen LogP contribution >= 0.6 is 0 Å². The topological polar surface area (TPSA) is 64.7 Å². The molecular formula is C24H22N4. The zero-order chi connectivity index (χ0) is 19.5. The van der Waals surface area contributed by atoms with Gasteiger partial charge in [-0.05, 0) is 48.9 Å². The van der Waals surface area contributed by atoms with Crippen LogP contribution in [0.3, 0.4) is 0 Å². The summed E-state index contributed by atoms with van der Waals surface area (Å²) in [4.78, 5) is 14.0. The largest absolute Gasteiger partial charge is 0.314 e. The first-order valence-corrected chi connectivity index (χ1v) is 9.26. The Hall–Kier alpha value is -3.37. The summed E-state index contributed by atoms with van der Waals surface area (Å²) >= 11 is 0. The SMILES string of the molecule is CC(c1ccccc1)(c1ccccn1)C(N)(c1ccccn1)c1ccccn1. The van der Waals surface area contributed by atoms with E-state index in [2.05, 4.69) is 29.0 Å². The maximum Gasteiger partial charge on any atom is 0.116 e. The molecule has 0 aliphatic carbocycles. The summed E-state index contributed by atoms with van der Waals surface area (Å²) in [6.45, 7) is 2.12. The van der Waals surface area contributed by atoms with Gasteiger partial charge >= 0.3 is 0 Å². The van der Waals surface area contributed by atoms with E-state index in [0.717, 1.165) is 22.6 Å². The molecule has 4 heteroatoms. The van der Waals surface area contributed by atoms with Crippen LogP contribution in [0.4, 0.5) is 0 Å². The first kappa shape index (κ1) is 18.0. The third kappa shape index (κ3) is 2.79. The van der Waals surface area contributed by atoms with E-state index in [4.69, 9.17) is 10.7 Å². The Kier molecular flexibility index (Phi) is 4.72. The van der Waals surface area contributed by atoms with Crippen molar-refractivity contribution in [3.63, 3.8) is 0 Å². The molecule has 138 valence electrons. The van der Waals surface area contributed by atoms with Crippen molar-refractivity contribution in [1.82, 2.24) is 15.0 Å². The number of nitrogens with two attached hydrogens (primary N) is 1. The Morgan fingerprint density at radius 3 is 1.43 bits per heavy atom. The third-order valence-corrected chi connectivity index (χ3v) is 5.45. The number of nitrogens with zero attached hydrogens (tertiary/aromatic N) is 3. The predicted molar refractivity (Wildman–Crippen MR) is 111 cm³/mol. The highest BCUT2D eigenvalue weighted by molar-refractivity contribution is 5.48. The minimum absolute atomic E-state index is 0.710. The van der Waals surface area contributed by atoms with E-state index >= 15 is 0 Å². The summed E-state index contributed by atoms with van der Waals surface area (Å²) < 4.78 is 0. The first-order chi connectivity index (χ1) is 13.7. The standard InChI is InChI=1S/C24H22N4/c1-23(19-11-3-2-4-12-19,20-13-5-8-16-26-20)24(25,21-14-6-9-17-27-21)22-15-7-10-18-28-22/h2-18H,25H2,1H3. The van der Waals surface area contributed by atoms with Gasteiger partial charge in [0.1, 0.15) is 5.54 Å². The Labute approximate surface area is 165 Å². The van der Waals surface area contributed by atoms with Crippen molar-refractivity contribution in [3.05, 3.63) is 126 Å². The summed E-state index contributed by atoms with van der Waals surface area (Å²) in [5.74, 6) is 0. The first-order valence-electron chi connectivity index (χ1n) is 9.26. The van der Waals surface area contributed by atoms with E-state index in [1.165, 1.54) is 0 Å². The van der Waals surface area contributed by atoms with Crippen LogP contribution in [0, 0.1) is 0 Å². The summed E-state index contributed by atoms with van der Waals surface area (Å²) in [6, 6.07) is 27.7. The van der Waals surface area contributed by atoms with Crippen LogP contribution in [0.2, 0.25) is 0 Å². The number of hydrogen-bond donors (Lipinski definition) is 1. The second kappa shape index (κ2) is 7.33. The van der Waals surface area contributed by atoms with E-state index < -0.39 is 11.0 Å². The normalized spacial score (nSPS) is 13.6. The van der Waals surface area contributed by atoms with Gasteiger partial charge in [0.25, 0.3) is 0 Å². The second-order valence-corrected chi connectivity index (χ2v) is 6.94. The van der Waals surface area contributed by atoms with Gasteiger partial charge < -0.3 is 5.73 Å². The van der Waals surface area contributed by atoms with Crippen molar-refractivity contribution >= 4 is 0 Å². The fourth-order valence-corrected chi connectivity index (χ4v) is 3.84. The van der Waals surface area contributed by atoms with Crippen molar-refractivity contribution in [2.75, 3.05) is 0 Å². The maximum atomic E-state index is 7.32. The van der Waals surface area contributed by atoms with Crippen LogP contribution in [0.15, 0.2) is 104 Å². The maximum absolute atomic E-state index is 7.32. The molecule has 0 aliphatic heterocycles. The molecule has 0 bridgehead atoms. The van der Waals surface area contributed by atoms with E-state index in [0.29, 0.717) is 0 Å². The van der Waals surface area contributed by atoms with Gasteiger partial charge in [-0.3, -0.25) is 15.0 Å². The molecule has 0 spiro atoms. The molecule has 1 atom stereocenters. The van der Waals surface area contributed by atoms with Crippen LogP contribution in [0.5, 0.6) is 0 Å². The van der Waals surface area contributed by atoms with Gasteiger partial charge in [0.05, 0.1) is 22.5 Å². The number of hydrogen-bond acceptors (Lipinski definition) is 4. The quantitative estimate of drug-likeness (QED) is 0.578. The summed E-state index contributed by atoms with van der Waals surface area (Å²) in [6.07, 6.45) is 5.33. The lowest BCUT2D eigenvalue weighted by atomic mass is 9.61. The van der Waals surface area contributed by atoms with Crippen molar-refractivity contribution < 1.29 is 0 Å². The predicted octanol–water partition coefficient (Wildman–Crippen LogP) is 4.08. The van der Waals surface area contributed by atoms with Crippen LogP contribution in [-0.2, 0) is 11.0 Å². The van der Waals surface area contributed by atoms with E-state index in [1.807, 2.05) is 72.8 Å². The van der Waals surface area contributed by atoms with Crippen LogP contribution < -0.4 is 5.73 Å². The second-order valence-electron chi connectivity index (χ2n) is 6.94. The zero-order valence-electron chi connectivity index (χ0n) is 15.7. The fraction of sp³-hybridized carbons (Fsp3) is 0.125. The summed E-state index contributed by atoms with van der Waals surface area (Å²) in [5, 5.41) is 0. The minimum atomic E-state index is -1.04. The highest BCUT2D eigenvalue weighted by Crippen LogP contribution is 2.47. The molecule has 1 unspecified atom stereocenters. The molecule has 0 amide bonds. The van der Waals surface area contributed by atoms with Gasteiger partial charge in [0, 0.05) is 18.6 Å². The molecule has 0 saturated heterocycles. The molecule has 4 rings (SSSR count). The molecule has 3 aromatic heterocycles. The highest BCUT2D eigenvalue weighted by atomic mass is 14.9. The van der Waals surface area contributed by atoms with Crippen molar-refractivity contribution in [2.45, 2.75) is 17.9 Å². The van der Waals surface area contributed by atoms with Gasteiger partial charge in [-0.2, -0.15) is 0 Å². The lowest BCUT2D eigenvalue weighted by molar-refractivity contribution is 0.317. The number of aromatic nitrogens is 3. The highest BCUT2D eigenvalue weighted by Gasteiger charge is 2.53. The molecular weight excluding hydrogens is 344 g/mol. The van der Waals surface area contributed by atoms with Crippen LogP contribution in [0.1, 0.15) is 29.6 Å². The van der Waals surface area contributed by atoms with Gasteiger partial charge in [-0.15, -0.1) is 0 Å². The van der Waals surface area contributed by atoms with E-state index in [9.17, 15) is 0 Å². The Morgan fingerprint density at radius 2 is 1.00 bits per heavy atom. The average Bonchev–Trinajstić information content (AvgIpc) is 2.80. The molecule has 4 nitrogen and oxygen atoms in total. The van der Waals surface area contributed by atoms with Gasteiger partial charge in [0.15, 0.2) is 0 Å². The van der Waals surface area contributed by atoms with E-state index in [1.54, 1.807) is 18.6 Å². The van der Waals surface area contributed by atoms with Crippen molar-refractivity contribution in [3.8, 4) is 0 Å². The van der Waals surface area contributed by atoms with E-state index in [-0.39, 0.29) is 0 Å². The lowest BCUT2D eigenvalue weighted by Gasteiger charge is -2.45. The zero-order valence-corrected chi connectivity index (χ0v) is 15.7. The Balaban J connectivity index is 2.09. The monoisotopic (exact) mass is 366 g/mol. The van der Waals surface area contributed by atoms with Gasteiger partial charge in [-0.1, -0.05) is 48.5 Å². The molecule has 0 radical (unpaired) electrons. The average molecular weight is 366 g/mol. The molecule has 4 aromatic rings. The fourth-order valence-electron chi connectivity index (χ4n) is 3.84. The molecule has 0 saturated carbocycles. The Bertz CT molecular complexity index is 853. The minimum Gasteiger partial charge on any atom is -0.314 e.